The number of hydrogen-bond donors (Lipinski definition) is 2. The van der Waals surface area contributed by atoms with Gasteiger partial charge in [0.15, 0.2) is 18.1 Å². The summed E-state index contributed by atoms with van der Waals surface area (Å²) in [6, 6.07) is 13.5. The SMILES string of the molecule is COC(=O)c1ccc(N2C(=O)NC(=O)/C(=C/c3cc(I)c(OCC(=O)Nc4ccc(C)cc4C)c(OC)c3)C2=O)cc1. The number of hydrogen-bond acceptors (Lipinski definition) is 8. The molecule has 0 unspecified atom stereocenters. The van der Waals surface area contributed by atoms with Gasteiger partial charge in [-0.05, 0) is 96.1 Å². The molecule has 1 saturated heterocycles. The average molecular weight is 683 g/mol. The zero-order valence-corrected chi connectivity index (χ0v) is 25.2. The van der Waals surface area contributed by atoms with Crippen LogP contribution in [0.4, 0.5) is 16.2 Å². The summed E-state index contributed by atoms with van der Waals surface area (Å²) in [6.07, 6.45) is 1.32. The van der Waals surface area contributed by atoms with Crippen molar-refractivity contribution in [2.75, 3.05) is 31.0 Å². The fourth-order valence-corrected chi connectivity index (χ4v) is 4.95. The molecule has 1 fully saturated rings. The number of amides is 5. The van der Waals surface area contributed by atoms with Gasteiger partial charge >= 0.3 is 12.0 Å². The lowest BCUT2D eigenvalue weighted by atomic mass is 10.1. The maximum Gasteiger partial charge on any atom is 0.337 e. The first-order valence-corrected chi connectivity index (χ1v) is 13.6. The Balaban J connectivity index is 1.55. The van der Waals surface area contributed by atoms with Crippen LogP contribution in [0.5, 0.6) is 11.5 Å². The quantitative estimate of drug-likeness (QED) is 0.154. The highest BCUT2D eigenvalue weighted by atomic mass is 127. The van der Waals surface area contributed by atoms with Gasteiger partial charge < -0.3 is 19.5 Å². The second-order valence-corrected chi connectivity index (χ2v) is 10.3. The third-order valence-corrected chi connectivity index (χ3v) is 7.02. The first kappa shape index (κ1) is 30.2. The molecule has 5 amide bonds. The van der Waals surface area contributed by atoms with E-state index in [0.717, 1.165) is 16.0 Å². The van der Waals surface area contributed by atoms with Crippen molar-refractivity contribution in [3.8, 4) is 11.5 Å². The van der Waals surface area contributed by atoms with Gasteiger partial charge in [-0.3, -0.25) is 19.7 Å². The molecule has 0 spiro atoms. The number of barbiturate groups is 1. The van der Waals surface area contributed by atoms with Crippen molar-refractivity contribution in [2.45, 2.75) is 13.8 Å². The predicted molar refractivity (Wildman–Crippen MR) is 163 cm³/mol. The molecule has 0 atom stereocenters. The number of imide groups is 2. The van der Waals surface area contributed by atoms with Gasteiger partial charge in [0.25, 0.3) is 17.7 Å². The molecular weight excluding hydrogens is 657 g/mol. The maximum atomic E-state index is 13.3. The van der Waals surface area contributed by atoms with Gasteiger partial charge in [-0.1, -0.05) is 17.7 Å². The van der Waals surface area contributed by atoms with Crippen molar-refractivity contribution in [1.29, 1.82) is 0 Å². The summed E-state index contributed by atoms with van der Waals surface area (Å²) in [6.45, 7) is 3.58. The van der Waals surface area contributed by atoms with Crippen molar-refractivity contribution in [3.63, 3.8) is 0 Å². The van der Waals surface area contributed by atoms with Gasteiger partial charge in [0.05, 0.1) is 29.0 Å². The summed E-state index contributed by atoms with van der Waals surface area (Å²) in [5, 5.41) is 4.98. The summed E-state index contributed by atoms with van der Waals surface area (Å²) in [7, 11) is 2.65. The normalized spacial score (nSPS) is 14.0. The highest BCUT2D eigenvalue weighted by Crippen LogP contribution is 2.35. The monoisotopic (exact) mass is 683 g/mol. The number of urea groups is 1. The zero-order valence-electron chi connectivity index (χ0n) is 23.1. The van der Waals surface area contributed by atoms with Gasteiger partial charge in [0.2, 0.25) is 0 Å². The van der Waals surface area contributed by atoms with Crippen LogP contribution in [0.2, 0.25) is 0 Å². The second-order valence-electron chi connectivity index (χ2n) is 9.19. The van der Waals surface area contributed by atoms with Gasteiger partial charge in [0.1, 0.15) is 5.57 Å². The Morgan fingerprint density at radius 2 is 1.71 bits per heavy atom. The minimum absolute atomic E-state index is 0.151. The largest absolute Gasteiger partial charge is 0.493 e. The van der Waals surface area contributed by atoms with Crippen LogP contribution in [0.1, 0.15) is 27.0 Å². The zero-order chi connectivity index (χ0) is 30.6. The number of benzene rings is 3. The standard InChI is InChI=1S/C30H26IN3O8/c1-16-5-10-23(17(2)11-16)32-25(35)15-42-26-22(31)13-18(14-24(26)40-3)12-21-27(36)33-30(39)34(28(21)37)20-8-6-19(7-9-20)29(38)41-4/h5-14H,15H2,1-4H3,(H,32,35)(H,33,36,39)/b21-12-. The Labute approximate surface area is 254 Å². The van der Waals surface area contributed by atoms with Crippen LogP contribution < -0.4 is 25.0 Å². The van der Waals surface area contributed by atoms with Gasteiger partial charge in [-0.2, -0.15) is 0 Å². The molecule has 1 aliphatic heterocycles. The molecule has 0 aromatic heterocycles. The van der Waals surface area contributed by atoms with E-state index >= 15 is 0 Å². The van der Waals surface area contributed by atoms with Gasteiger partial charge in [0, 0.05) is 5.69 Å². The van der Waals surface area contributed by atoms with E-state index in [1.54, 1.807) is 12.1 Å². The smallest absolute Gasteiger partial charge is 0.337 e. The van der Waals surface area contributed by atoms with E-state index < -0.39 is 23.8 Å². The molecule has 3 aromatic rings. The van der Waals surface area contributed by atoms with Crippen molar-refractivity contribution in [3.05, 3.63) is 86.0 Å². The van der Waals surface area contributed by atoms with E-state index in [4.69, 9.17) is 9.47 Å². The molecule has 1 aliphatic rings. The number of nitrogens with one attached hydrogen (secondary N) is 2. The topological polar surface area (TPSA) is 140 Å². The summed E-state index contributed by atoms with van der Waals surface area (Å²) in [4.78, 5) is 63.5. The number of esters is 1. The van der Waals surface area contributed by atoms with Crippen LogP contribution >= 0.6 is 22.6 Å². The molecular formula is C30H26IN3O8. The maximum absolute atomic E-state index is 13.3. The van der Waals surface area contributed by atoms with Crippen LogP contribution in [0.15, 0.2) is 60.2 Å². The molecule has 0 bridgehead atoms. The molecule has 216 valence electrons. The Hall–Kier alpha value is -4.72. The van der Waals surface area contributed by atoms with Crippen molar-refractivity contribution in [2.24, 2.45) is 0 Å². The van der Waals surface area contributed by atoms with Crippen molar-refractivity contribution >= 4 is 69.8 Å². The number of methoxy groups -OCH3 is 2. The number of carbonyl (C=O) groups excluding carboxylic acids is 5. The van der Waals surface area contributed by atoms with Crippen LogP contribution in [-0.2, 0) is 19.1 Å². The summed E-state index contributed by atoms with van der Waals surface area (Å²) >= 11 is 1.99. The molecule has 2 N–H and O–H groups in total. The van der Waals surface area contributed by atoms with E-state index in [1.165, 1.54) is 44.6 Å². The molecule has 0 radical (unpaired) electrons. The van der Waals surface area contributed by atoms with Gasteiger partial charge in [-0.15, -0.1) is 0 Å². The fourth-order valence-electron chi connectivity index (χ4n) is 4.16. The molecule has 0 saturated carbocycles. The Bertz CT molecular complexity index is 1630. The van der Waals surface area contributed by atoms with Crippen LogP contribution in [0, 0.1) is 17.4 Å². The minimum atomic E-state index is -0.928. The molecule has 0 aliphatic carbocycles. The Morgan fingerprint density at radius 3 is 2.36 bits per heavy atom. The van der Waals surface area contributed by atoms with E-state index in [1.807, 2.05) is 54.6 Å². The number of anilines is 2. The molecule has 11 nitrogen and oxygen atoms in total. The number of carbonyl (C=O) groups is 5. The van der Waals surface area contributed by atoms with E-state index in [0.29, 0.717) is 20.6 Å². The first-order chi connectivity index (χ1) is 20.0. The Morgan fingerprint density at radius 1 is 1.00 bits per heavy atom. The second kappa shape index (κ2) is 12.9. The number of ether oxygens (including phenoxy) is 3. The summed E-state index contributed by atoms with van der Waals surface area (Å²) in [5.41, 5.74) is 3.18. The number of rotatable bonds is 8. The van der Waals surface area contributed by atoms with Crippen molar-refractivity contribution < 1.29 is 38.2 Å². The third-order valence-electron chi connectivity index (χ3n) is 6.21. The molecule has 42 heavy (non-hydrogen) atoms. The minimum Gasteiger partial charge on any atom is -0.493 e. The van der Waals surface area contributed by atoms with Gasteiger partial charge in [-0.25, -0.2) is 14.5 Å². The predicted octanol–water partition coefficient (Wildman–Crippen LogP) is 4.39. The lowest BCUT2D eigenvalue weighted by Gasteiger charge is -2.26. The lowest BCUT2D eigenvalue weighted by Crippen LogP contribution is -2.54. The fraction of sp³-hybridized carbons (Fsp3) is 0.167. The van der Waals surface area contributed by atoms with Crippen LogP contribution in [0.25, 0.3) is 6.08 Å². The molecule has 12 heteroatoms. The first-order valence-electron chi connectivity index (χ1n) is 12.5. The Kier molecular flexibility index (Phi) is 9.25. The number of nitrogens with zero attached hydrogens (tertiary/aromatic N) is 1. The van der Waals surface area contributed by atoms with Crippen molar-refractivity contribution in [1.82, 2.24) is 5.32 Å². The molecule has 3 aromatic carbocycles. The average Bonchev–Trinajstić information content (AvgIpc) is 2.95. The van der Waals surface area contributed by atoms with Crippen LogP contribution in [-0.4, -0.2) is 50.5 Å². The highest BCUT2D eigenvalue weighted by molar-refractivity contribution is 14.1. The molecule has 1 heterocycles. The number of halogens is 1. The lowest BCUT2D eigenvalue weighted by molar-refractivity contribution is -0.122. The van der Waals surface area contributed by atoms with E-state index in [9.17, 15) is 24.0 Å². The number of aryl methyl sites for hydroxylation is 2. The highest BCUT2D eigenvalue weighted by Gasteiger charge is 2.37. The third kappa shape index (κ3) is 6.60. The summed E-state index contributed by atoms with van der Waals surface area (Å²) < 4.78 is 16.4. The summed E-state index contributed by atoms with van der Waals surface area (Å²) in [5.74, 6) is -2.10. The van der Waals surface area contributed by atoms with E-state index in [-0.39, 0.29) is 35.1 Å². The van der Waals surface area contributed by atoms with Crippen LogP contribution in [0.3, 0.4) is 0 Å². The van der Waals surface area contributed by atoms with E-state index in [2.05, 4.69) is 15.4 Å². The molecule has 4 rings (SSSR count).